The summed E-state index contributed by atoms with van der Waals surface area (Å²) in [4.78, 5) is 11.8. The van der Waals surface area contributed by atoms with E-state index in [2.05, 4.69) is 0 Å². The number of nitrogen functional groups attached to an aromatic ring is 1. The molecule has 0 fully saturated rings. The van der Waals surface area contributed by atoms with Crippen LogP contribution in [-0.4, -0.2) is 5.91 Å². The maximum atomic E-state index is 13.3. The Morgan fingerprint density at radius 3 is 2.84 bits per heavy atom. The highest BCUT2D eigenvalue weighted by Gasteiger charge is 2.13. The molecule has 0 bridgehead atoms. The first-order valence-electron chi connectivity index (χ1n) is 5.27. The summed E-state index contributed by atoms with van der Waals surface area (Å²) in [6, 6.07) is 4.70. The Balaban J connectivity index is 2.10. The van der Waals surface area contributed by atoms with Gasteiger partial charge in [-0.05, 0) is 23.6 Å². The number of carbonyl (C=O) groups is 1. The van der Waals surface area contributed by atoms with Gasteiger partial charge in [0.1, 0.15) is 12.4 Å². The van der Waals surface area contributed by atoms with Gasteiger partial charge < -0.3 is 4.74 Å². The molecule has 0 unspecified atom stereocenters. The lowest BCUT2D eigenvalue weighted by atomic mass is 10.2. The van der Waals surface area contributed by atoms with Gasteiger partial charge in [0.25, 0.3) is 5.91 Å². The van der Waals surface area contributed by atoms with Gasteiger partial charge in [0, 0.05) is 11.6 Å². The Hall–Kier alpha value is -1.99. The normalized spacial score (nSPS) is 10.3. The second-order valence-corrected chi connectivity index (χ2v) is 4.53. The summed E-state index contributed by atoms with van der Waals surface area (Å²) in [7, 11) is 0. The monoisotopic (exact) mass is 284 g/mol. The molecule has 0 atom stereocenters. The fraction of sp³-hybridized carbons (Fsp3) is 0.0833. The molecule has 0 saturated carbocycles. The third-order valence-corrected chi connectivity index (χ3v) is 3.32. The fourth-order valence-electron chi connectivity index (χ4n) is 1.46. The summed E-state index contributed by atoms with van der Waals surface area (Å²) in [5, 5.41) is 1.70. The summed E-state index contributed by atoms with van der Waals surface area (Å²) in [6.07, 6.45) is 0. The molecule has 2 rings (SSSR count). The summed E-state index contributed by atoms with van der Waals surface area (Å²) in [5.74, 6) is 3.06. The molecular formula is C12H10F2N2O2S. The van der Waals surface area contributed by atoms with Gasteiger partial charge in [0.05, 0.1) is 4.88 Å². The third kappa shape index (κ3) is 3.07. The average Bonchev–Trinajstić information content (AvgIpc) is 2.85. The second kappa shape index (κ2) is 5.77. The molecule has 0 aliphatic heterocycles. The molecule has 0 radical (unpaired) electrons. The second-order valence-electron chi connectivity index (χ2n) is 3.61. The van der Waals surface area contributed by atoms with Crippen LogP contribution in [0.2, 0.25) is 0 Å². The Morgan fingerprint density at radius 2 is 2.16 bits per heavy atom. The highest BCUT2D eigenvalue weighted by Crippen LogP contribution is 2.22. The lowest BCUT2D eigenvalue weighted by Gasteiger charge is -2.07. The van der Waals surface area contributed by atoms with E-state index in [0.29, 0.717) is 10.4 Å². The molecule has 0 saturated heterocycles. The van der Waals surface area contributed by atoms with Crippen LogP contribution < -0.4 is 16.0 Å². The lowest BCUT2D eigenvalue weighted by Crippen LogP contribution is -2.30. The van der Waals surface area contributed by atoms with Crippen molar-refractivity contribution in [3.05, 3.63) is 51.7 Å². The number of hydrogen-bond acceptors (Lipinski definition) is 4. The molecule has 19 heavy (non-hydrogen) atoms. The summed E-state index contributed by atoms with van der Waals surface area (Å²) < 4.78 is 31.3. The first-order chi connectivity index (χ1) is 9.11. The number of carbonyl (C=O) groups excluding carboxylic acids is 1. The highest BCUT2D eigenvalue weighted by molar-refractivity contribution is 7.12. The molecule has 1 heterocycles. The van der Waals surface area contributed by atoms with Gasteiger partial charge in [-0.2, -0.15) is 0 Å². The molecule has 1 aromatic carbocycles. The van der Waals surface area contributed by atoms with Gasteiger partial charge in [-0.15, -0.1) is 11.3 Å². The molecule has 1 amide bonds. The SMILES string of the molecule is NNC(=O)c1sccc1COc1ccc(F)cc1F. The van der Waals surface area contributed by atoms with Crippen molar-refractivity contribution in [3.63, 3.8) is 0 Å². The molecule has 7 heteroatoms. The number of ether oxygens (including phenoxy) is 1. The van der Waals surface area contributed by atoms with E-state index in [-0.39, 0.29) is 12.4 Å². The molecule has 0 aliphatic rings. The first kappa shape index (κ1) is 13.4. The zero-order valence-electron chi connectivity index (χ0n) is 9.65. The summed E-state index contributed by atoms with van der Waals surface area (Å²) in [5.41, 5.74) is 2.60. The van der Waals surface area contributed by atoms with Crippen molar-refractivity contribution < 1.29 is 18.3 Å². The van der Waals surface area contributed by atoms with Gasteiger partial charge in [-0.1, -0.05) is 0 Å². The van der Waals surface area contributed by atoms with Gasteiger partial charge in [-0.25, -0.2) is 14.6 Å². The van der Waals surface area contributed by atoms with E-state index in [1.54, 1.807) is 11.4 Å². The quantitative estimate of drug-likeness (QED) is 0.514. The number of benzene rings is 1. The smallest absolute Gasteiger partial charge is 0.275 e. The van der Waals surface area contributed by atoms with E-state index < -0.39 is 17.5 Å². The van der Waals surface area contributed by atoms with E-state index in [1.165, 1.54) is 17.4 Å². The van der Waals surface area contributed by atoms with E-state index in [9.17, 15) is 13.6 Å². The van der Waals surface area contributed by atoms with Crippen LogP contribution in [0.4, 0.5) is 8.78 Å². The van der Waals surface area contributed by atoms with Crippen molar-refractivity contribution in [1.82, 2.24) is 5.43 Å². The van der Waals surface area contributed by atoms with Crippen LogP contribution in [0.25, 0.3) is 0 Å². The lowest BCUT2D eigenvalue weighted by molar-refractivity contribution is 0.0955. The molecule has 4 nitrogen and oxygen atoms in total. The number of nitrogens with one attached hydrogen (secondary N) is 1. The number of thiophene rings is 1. The minimum atomic E-state index is -0.792. The molecule has 100 valence electrons. The molecule has 0 spiro atoms. The standard InChI is InChI=1S/C12H10F2N2O2S/c13-8-1-2-10(9(14)5-8)18-6-7-3-4-19-11(7)12(17)16-15/h1-5H,6,15H2,(H,16,17). The third-order valence-electron chi connectivity index (χ3n) is 2.36. The van der Waals surface area contributed by atoms with Crippen LogP contribution in [0.5, 0.6) is 5.75 Å². The topological polar surface area (TPSA) is 64.3 Å². The van der Waals surface area contributed by atoms with Crippen LogP contribution in [0.1, 0.15) is 15.2 Å². The molecular weight excluding hydrogens is 274 g/mol. The van der Waals surface area contributed by atoms with Gasteiger partial charge in [0.15, 0.2) is 11.6 Å². The van der Waals surface area contributed by atoms with Crippen LogP contribution in [-0.2, 0) is 6.61 Å². The summed E-state index contributed by atoms with van der Waals surface area (Å²) in [6.45, 7) is -0.00515. The first-order valence-corrected chi connectivity index (χ1v) is 6.15. The van der Waals surface area contributed by atoms with Gasteiger partial charge in [0.2, 0.25) is 0 Å². The van der Waals surface area contributed by atoms with Crippen molar-refractivity contribution in [2.24, 2.45) is 5.84 Å². The van der Waals surface area contributed by atoms with Crippen LogP contribution >= 0.6 is 11.3 Å². The van der Waals surface area contributed by atoms with E-state index in [0.717, 1.165) is 12.1 Å². The molecule has 0 aliphatic carbocycles. The Bertz CT molecular complexity index is 601. The minimum Gasteiger partial charge on any atom is -0.486 e. The zero-order chi connectivity index (χ0) is 13.8. The number of rotatable bonds is 4. The number of amides is 1. The van der Waals surface area contributed by atoms with Crippen molar-refractivity contribution in [2.75, 3.05) is 0 Å². The number of nitrogens with two attached hydrogens (primary N) is 1. The minimum absolute atomic E-state index is 0.00515. The van der Waals surface area contributed by atoms with E-state index >= 15 is 0 Å². The Kier molecular flexibility index (Phi) is 4.08. The fourth-order valence-corrected chi connectivity index (χ4v) is 2.27. The molecule has 3 N–H and O–H groups in total. The highest BCUT2D eigenvalue weighted by atomic mass is 32.1. The van der Waals surface area contributed by atoms with Gasteiger partial charge in [-0.3, -0.25) is 10.2 Å². The van der Waals surface area contributed by atoms with Crippen LogP contribution in [0.15, 0.2) is 29.6 Å². The maximum absolute atomic E-state index is 13.3. The average molecular weight is 284 g/mol. The predicted molar refractivity (Wildman–Crippen MR) is 66.7 cm³/mol. The maximum Gasteiger partial charge on any atom is 0.275 e. The van der Waals surface area contributed by atoms with Crippen molar-refractivity contribution in [3.8, 4) is 5.75 Å². The van der Waals surface area contributed by atoms with Crippen LogP contribution in [0, 0.1) is 11.6 Å². The largest absolute Gasteiger partial charge is 0.486 e. The zero-order valence-corrected chi connectivity index (χ0v) is 10.5. The van der Waals surface area contributed by atoms with Crippen molar-refractivity contribution in [2.45, 2.75) is 6.61 Å². The number of halogens is 2. The van der Waals surface area contributed by atoms with E-state index in [1.807, 2.05) is 5.43 Å². The van der Waals surface area contributed by atoms with Crippen molar-refractivity contribution in [1.29, 1.82) is 0 Å². The predicted octanol–water partition coefficient (Wildman–Crippen LogP) is 2.21. The summed E-state index contributed by atoms with van der Waals surface area (Å²) >= 11 is 1.20. The molecule has 2 aromatic rings. The van der Waals surface area contributed by atoms with Crippen LogP contribution in [0.3, 0.4) is 0 Å². The molecule has 1 aromatic heterocycles. The Morgan fingerprint density at radius 1 is 1.37 bits per heavy atom. The number of hydrogen-bond donors (Lipinski definition) is 2. The van der Waals surface area contributed by atoms with Crippen molar-refractivity contribution >= 4 is 17.2 Å². The number of hydrazine groups is 1. The van der Waals surface area contributed by atoms with E-state index in [4.69, 9.17) is 10.6 Å². The Labute approximate surface area is 111 Å². The van der Waals surface area contributed by atoms with Gasteiger partial charge >= 0.3 is 0 Å².